The van der Waals surface area contributed by atoms with E-state index in [0.29, 0.717) is 13.2 Å². The number of hydrogen-bond donors (Lipinski definition) is 1. The highest BCUT2D eigenvalue weighted by atomic mass is 16.6. The van der Waals surface area contributed by atoms with Gasteiger partial charge in [-0.05, 0) is 24.6 Å². The van der Waals surface area contributed by atoms with Crippen molar-refractivity contribution in [2.45, 2.75) is 6.92 Å². The average Bonchev–Trinajstić information content (AvgIpc) is 2.21. The molecular formula is C10H14O3. The minimum absolute atomic E-state index is 0.663. The number of rotatable bonds is 0. The van der Waals surface area contributed by atoms with Gasteiger partial charge in [0.15, 0.2) is 11.5 Å². The normalized spacial score (nSPS) is 12.8. The molecule has 0 saturated carbocycles. The lowest BCUT2D eigenvalue weighted by molar-refractivity contribution is 0.171. The lowest BCUT2D eigenvalue weighted by Crippen LogP contribution is -2.15. The van der Waals surface area contributed by atoms with Crippen molar-refractivity contribution in [2.75, 3.05) is 20.3 Å². The molecule has 0 spiro atoms. The van der Waals surface area contributed by atoms with Crippen LogP contribution in [0.25, 0.3) is 0 Å². The van der Waals surface area contributed by atoms with E-state index in [1.807, 2.05) is 25.1 Å². The third kappa shape index (κ3) is 2.36. The van der Waals surface area contributed by atoms with E-state index < -0.39 is 0 Å². The van der Waals surface area contributed by atoms with Gasteiger partial charge in [-0.15, -0.1) is 0 Å². The quantitative estimate of drug-likeness (QED) is 0.658. The fourth-order valence-electron chi connectivity index (χ4n) is 1.15. The fourth-order valence-corrected chi connectivity index (χ4v) is 1.15. The summed E-state index contributed by atoms with van der Waals surface area (Å²) < 4.78 is 10.7. The summed E-state index contributed by atoms with van der Waals surface area (Å²) in [5.74, 6) is 1.73. The van der Waals surface area contributed by atoms with Gasteiger partial charge in [0.05, 0.1) is 0 Å². The topological polar surface area (TPSA) is 38.7 Å². The van der Waals surface area contributed by atoms with Gasteiger partial charge in [0, 0.05) is 7.11 Å². The van der Waals surface area contributed by atoms with Crippen molar-refractivity contribution < 1.29 is 14.6 Å². The number of fused-ring (bicyclic) bond motifs is 1. The third-order valence-electron chi connectivity index (χ3n) is 1.70. The van der Waals surface area contributed by atoms with E-state index in [-0.39, 0.29) is 0 Å². The van der Waals surface area contributed by atoms with Crippen molar-refractivity contribution >= 4 is 0 Å². The van der Waals surface area contributed by atoms with Gasteiger partial charge in [-0.2, -0.15) is 0 Å². The molecular weight excluding hydrogens is 168 g/mol. The molecule has 1 aliphatic heterocycles. The Morgan fingerprint density at radius 2 is 1.69 bits per heavy atom. The van der Waals surface area contributed by atoms with Gasteiger partial charge in [-0.1, -0.05) is 6.07 Å². The molecule has 0 unspecified atom stereocenters. The van der Waals surface area contributed by atoms with Crippen molar-refractivity contribution in [3.8, 4) is 11.5 Å². The van der Waals surface area contributed by atoms with E-state index in [2.05, 4.69) is 0 Å². The Bertz CT molecular complexity index is 271. The van der Waals surface area contributed by atoms with E-state index in [4.69, 9.17) is 14.6 Å². The van der Waals surface area contributed by atoms with Crippen LogP contribution in [0, 0.1) is 6.92 Å². The van der Waals surface area contributed by atoms with Gasteiger partial charge in [0.1, 0.15) is 13.2 Å². The molecule has 0 saturated heterocycles. The Labute approximate surface area is 77.9 Å². The molecule has 72 valence electrons. The van der Waals surface area contributed by atoms with Gasteiger partial charge < -0.3 is 14.6 Å². The van der Waals surface area contributed by atoms with Crippen molar-refractivity contribution in [1.29, 1.82) is 0 Å². The number of aliphatic hydroxyl groups excluding tert-OH is 1. The molecule has 0 aromatic heterocycles. The number of aliphatic hydroxyl groups is 1. The van der Waals surface area contributed by atoms with Crippen LogP contribution in [-0.2, 0) is 0 Å². The second-order valence-corrected chi connectivity index (χ2v) is 2.65. The zero-order chi connectivity index (χ0) is 9.68. The first kappa shape index (κ1) is 9.86. The Hall–Kier alpha value is -1.22. The van der Waals surface area contributed by atoms with Gasteiger partial charge in [-0.25, -0.2) is 0 Å². The molecule has 0 aliphatic carbocycles. The summed E-state index contributed by atoms with van der Waals surface area (Å²) in [5.41, 5.74) is 1.20. The van der Waals surface area contributed by atoms with Crippen LogP contribution in [0.3, 0.4) is 0 Å². The second kappa shape index (κ2) is 4.72. The molecule has 1 N–H and O–H groups in total. The Morgan fingerprint density at radius 3 is 2.38 bits per heavy atom. The average molecular weight is 182 g/mol. The van der Waals surface area contributed by atoms with Crippen molar-refractivity contribution in [2.24, 2.45) is 0 Å². The molecule has 0 bridgehead atoms. The number of aryl methyl sites for hydroxylation is 1. The molecule has 1 aliphatic rings. The molecule has 1 heterocycles. The summed E-state index contributed by atoms with van der Waals surface area (Å²) in [6.07, 6.45) is 0. The smallest absolute Gasteiger partial charge is 0.161 e. The Balaban J connectivity index is 0.000000396. The van der Waals surface area contributed by atoms with Crippen LogP contribution in [0.5, 0.6) is 11.5 Å². The minimum Gasteiger partial charge on any atom is -0.486 e. The molecule has 2 rings (SSSR count). The first-order valence-electron chi connectivity index (χ1n) is 4.17. The molecule has 1 aromatic rings. The molecule has 0 atom stereocenters. The fraction of sp³-hybridized carbons (Fsp3) is 0.400. The zero-order valence-corrected chi connectivity index (χ0v) is 7.91. The van der Waals surface area contributed by atoms with E-state index in [9.17, 15) is 0 Å². The highest BCUT2D eigenvalue weighted by molar-refractivity contribution is 5.43. The van der Waals surface area contributed by atoms with E-state index in [1.54, 1.807) is 0 Å². The molecule has 13 heavy (non-hydrogen) atoms. The molecule has 1 aromatic carbocycles. The highest BCUT2D eigenvalue weighted by Crippen LogP contribution is 2.30. The van der Waals surface area contributed by atoms with E-state index >= 15 is 0 Å². The SMILES string of the molecule is CO.Cc1ccc2c(c1)OCCO2. The predicted octanol–water partition coefficient (Wildman–Crippen LogP) is 1.37. The zero-order valence-electron chi connectivity index (χ0n) is 7.91. The molecule has 0 amide bonds. The maximum atomic E-state index is 7.00. The number of hydrogen-bond acceptors (Lipinski definition) is 3. The largest absolute Gasteiger partial charge is 0.486 e. The van der Waals surface area contributed by atoms with Crippen molar-refractivity contribution in [1.82, 2.24) is 0 Å². The summed E-state index contributed by atoms with van der Waals surface area (Å²) in [6.45, 7) is 3.37. The summed E-state index contributed by atoms with van der Waals surface area (Å²) in [4.78, 5) is 0. The molecule has 0 fully saturated rings. The standard InChI is InChI=1S/C9H10O2.CH4O/c1-7-2-3-8-9(6-7)11-5-4-10-8;1-2/h2-3,6H,4-5H2,1H3;2H,1H3. The van der Waals surface area contributed by atoms with Crippen LogP contribution < -0.4 is 9.47 Å². The van der Waals surface area contributed by atoms with Crippen LogP contribution in [0.2, 0.25) is 0 Å². The Morgan fingerprint density at radius 1 is 1.08 bits per heavy atom. The van der Waals surface area contributed by atoms with Gasteiger partial charge in [0.25, 0.3) is 0 Å². The lowest BCUT2D eigenvalue weighted by atomic mass is 10.2. The number of benzene rings is 1. The molecule has 3 nitrogen and oxygen atoms in total. The molecule has 0 radical (unpaired) electrons. The van der Waals surface area contributed by atoms with Gasteiger partial charge in [0.2, 0.25) is 0 Å². The maximum Gasteiger partial charge on any atom is 0.161 e. The van der Waals surface area contributed by atoms with Gasteiger partial charge >= 0.3 is 0 Å². The maximum absolute atomic E-state index is 7.00. The molecule has 3 heteroatoms. The Kier molecular flexibility index (Phi) is 3.58. The minimum atomic E-state index is 0.663. The monoisotopic (exact) mass is 182 g/mol. The highest BCUT2D eigenvalue weighted by Gasteiger charge is 2.09. The lowest BCUT2D eigenvalue weighted by Gasteiger charge is -2.18. The van der Waals surface area contributed by atoms with Crippen LogP contribution in [0.4, 0.5) is 0 Å². The van der Waals surface area contributed by atoms with Crippen LogP contribution in [-0.4, -0.2) is 25.4 Å². The van der Waals surface area contributed by atoms with Crippen molar-refractivity contribution in [3.63, 3.8) is 0 Å². The summed E-state index contributed by atoms with van der Waals surface area (Å²) in [6, 6.07) is 5.96. The summed E-state index contributed by atoms with van der Waals surface area (Å²) in [5, 5.41) is 7.00. The van der Waals surface area contributed by atoms with Gasteiger partial charge in [-0.3, -0.25) is 0 Å². The van der Waals surface area contributed by atoms with Crippen LogP contribution >= 0.6 is 0 Å². The first-order chi connectivity index (χ1) is 6.36. The summed E-state index contributed by atoms with van der Waals surface area (Å²) in [7, 11) is 1.00. The number of ether oxygens (including phenoxy) is 2. The van der Waals surface area contributed by atoms with E-state index in [0.717, 1.165) is 18.6 Å². The second-order valence-electron chi connectivity index (χ2n) is 2.65. The van der Waals surface area contributed by atoms with E-state index in [1.165, 1.54) is 5.56 Å². The summed E-state index contributed by atoms with van der Waals surface area (Å²) >= 11 is 0. The van der Waals surface area contributed by atoms with Crippen LogP contribution in [0.15, 0.2) is 18.2 Å². The third-order valence-corrected chi connectivity index (χ3v) is 1.70. The first-order valence-corrected chi connectivity index (χ1v) is 4.17. The van der Waals surface area contributed by atoms with Crippen molar-refractivity contribution in [3.05, 3.63) is 23.8 Å². The predicted molar refractivity (Wildman–Crippen MR) is 50.3 cm³/mol. The van der Waals surface area contributed by atoms with Crippen LogP contribution in [0.1, 0.15) is 5.56 Å².